The van der Waals surface area contributed by atoms with Crippen LogP contribution in [0.4, 0.5) is 11.4 Å². The van der Waals surface area contributed by atoms with Crippen LogP contribution in [0.3, 0.4) is 0 Å². The van der Waals surface area contributed by atoms with E-state index in [1.165, 1.54) is 31.4 Å². The highest BCUT2D eigenvalue weighted by Gasteiger charge is 2.16. The van der Waals surface area contributed by atoms with E-state index in [-0.39, 0.29) is 29.3 Å². The van der Waals surface area contributed by atoms with Gasteiger partial charge in [-0.15, -0.1) is 0 Å². The molecule has 0 radical (unpaired) electrons. The van der Waals surface area contributed by atoms with Gasteiger partial charge < -0.3 is 19.9 Å². The number of rotatable bonds is 8. The van der Waals surface area contributed by atoms with Gasteiger partial charge in [-0.25, -0.2) is 4.79 Å². The van der Waals surface area contributed by atoms with Gasteiger partial charge >= 0.3 is 11.7 Å². The van der Waals surface area contributed by atoms with Crippen LogP contribution in [0.5, 0.6) is 11.5 Å². The molecule has 0 aromatic heterocycles. The van der Waals surface area contributed by atoms with Gasteiger partial charge in [0.2, 0.25) is 0 Å². The standard InChI is InChI=1S/C22H17BrN2O7/c1-31-20-10-13(2-9-19(20)25(29)30)12-32-16-6-3-14(4-7-16)21(26)24-18-8-5-15(23)11-17(18)22(27)28/h2-11H,12H2,1H3,(H,24,26)(H,27,28). The summed E-state index contributed by atoms with van der Waals surface area (Å²) in [5.74, 6) is -1.01. The maximum absolute atomic E-state index is 12.5. The summed E-state index contributed by atoms with van der Waals surface area (Å²) in [6.45, 7) is 0.140. The van der Waals surface area contributed by atoms with Crippen molar-refractivity contribution in [3.8, 4) is 11.5 Å². The van der Waals surface area contributed by atoms with Crippen LogP contribution in [0.25, 0.3) is 0 Å². The van der Waals surface area contributed by atoms with E-state index in [1.54, 1.807) is 36.4 Å². The monoisotopic (exact) mass is 500 g/mol. The Morgan fingerprint density at radius 3 is 2.44 bits per heavy atom. The van der Waals surface area contributed by atoms with Crippen molar-refractivity contribution in [1.82, 2.24) is 0 Å². The molecule has 3 rings (SSSR count). The zero-order valence-corrected chi connectivity index (χ0v) is 18.3. The molecule has 0 atom stereocenters. The highest BCUT2D eigenvalue weighted by molar-refractivity contribution is 9.10. The van der Waals surface area contributed by atoms with Crippen molar-refractivity contribution in [1.29, 1.82) is 0 Å². The molecule has 3 aromatic rings. The third-order valence-electron chi connectivity index (χ3n) is 4.42. The number of benzene rings is 3. The van der Waals surface area contributed by atoms with Gasteiger partial charge in [0.1, 0.15) is 12.4 Å². The van der Waals surface area contributed by atoms with Crippen molar-refractivity contribution < 1.29 is 29.1 Å². The number of carboxylic acids is 1. The molecule has 0 saturated carbocycles. The molecular weight excluding hydrogens is 484 g/mol. The number of nitrogens with one attached hydrogen (secondary N) is 1. The number of carboxylic acid groups (broad SMARTS) is 1. The molecule has 0 heterocycles. The minimum atomic E-state index is -1.16. The number of nitrogens with zero attached hydrogens (tertiary/aromatic N) is 1. The molecule has 32 heavy (non-hydrogen) atoms. The van der Waals surface area contributed by atoms with E-state index in [1.807, 2.05) is 0 Å². The molecule has 0 fully saturated rings. The van der Waals surface area contributed by atoms with Gasteiger partial charge in [0, 0.05) is 16.1 Å². The van der Waals surface area contributed by atoms with Crippen LogP contribution in [-0.4, -0.2) is 29.0 Å². The number of amides is 1. The molecule has 10 heteroatoms. The normalized spacial score (nSPS) is 10.3. The molecule has 0 bridgehead atoms. The molecule has 0 aliphatic heterocycles. The van der Waals surface area contributed by atoms with Gasteiger partial charge in [-0.2, -0.15) is 0 Å². The summed E-state index contributed by atoms with van der Waals surface area (Å²) < 4.78 is 11.3. The molecule has 3 aromatic carbocycles. The highest BCUT2D eigenvalue weighted by Crippen LogP contribution is 2.28. The fourth-order valence-corrected chi connectivity index (χ4v) is 3.19. The molecule has 0 aliphatic carbocycles. The first-order valence-corrected chi connectivity index (χ1v) is 9.96. The fraction of sp³-hybridized carbons (Fsp3) is 0.0909. The lowest BCUT2D eigenvalue weighted by atomic mass is 10.1. The smallest absolute Gasteiger partial charge is 0.337 e. The Hall–Kier alpha value is -3.92. The number of hydrogen-bond donors (Lipinski definition) is 2. The van der Waals surface area contributed by atoms with E-state index in [4.69, 9.17) is 9.47 Å². The zero-order valence-electron chi connectivity index (χ0n) is 16.7. The number of anilines is 1. The second kappa shape index (κ2) is 9.92. The first kappa shape index (κ1) is 22.8. The van der Waals surface area contributed by atoms with Gasteiger partial charge in [-0.1, -0.05) is 15.9 Å². The predicted molar refractivity (Wildman–Crippen MR) is 119 cm³/mol. The number of methoxy groups -OCH3 is 1. The van der Waals surface area contributed by atoms with E-state index in [0.717, 1.165) is 0 Å². The SMILES string of the molecule is COc1cc(COc2ccc(C(=O)Nc3ccc(Br)cc3C(=O)O)cc2)ccc1[N+](=O)[O-]. The average molecular weight is 501 g/mol. The maximum Gasteiger partial charge on any atom is 0.337 e. The first-order valence-electron chi connectivity index (χ1n) is 9.17. The maximum atomic E-state index is 12.5. The number of nitro benzene ring substituents is 1. The first-order chi connectivity index (χ1) is 15.3. The minimum absolute atomic E-state index is 0.0359. The van der Waals surface area contributed by atoms with E-state index in [0.29, 0.717) is 21.3 Å². The summed E-state index contributed by atoms with van der Waals surface area (Å²) in [4.78, 5) is 34.3. The average Bonchev–Trinajstić information content (AvgIpc) is 2.78. The van der Waals surface area contributed by atoms with Gasteiger partial charge in [0.05, 0.1) is 23.3 Å². The number of carbonyl (C=O) groups is 2. The lowest BCUT2D eigenvalue weighted by Gasteiger charge is -2.10. The quantitative estimate of drug-likeness (QED) is 0.332. The van der Waals surface area contributed by atoms with Gasteiger partial charge in [0.15, 0.2) is 5.75 Å². The summed E-state index contributed by atoms with van der Waals surface area (Å²) in [6.07, 6.45) is 0. The molecule has 0 aliphatic rings. The summed E-state index contributed by atoms with van der Waals surface area (Å²) in [6, 6.07) is 15.3. The van der Waals surface area contributed by atoms with E-state index in [9.17, 15) is 24.8 Å². The van der Waals surface area contributed by atoms with E-state index in [2.05, 4.69) is 21.2 Å². The van der Waals surface area contributed by atoms with Crippen molar-refractivity contribution >= 4 is 39.2 Å². The molecule has 1 amide bonds. The summed E-state index contributed by atoms with van der Waals surface area (Å²) in [5, 5.41) is 22.9. The van der Waals surface area contributed by atoms with Gasteiger partial charge in [0.25, 0.3) is 5.91 Å². The number of ether oxygens (including phenoxy) is 2. The molecular formula is C22H17BrN2O7. The summed E-state index contributed by atoms with van der Waals surface area (Å²) in [7, 11) is 1.35. The third-order valence-corrected chi connectivity index (χ3v) is 4.92. The number of nitro groups is 1. The Morgan fingerprint density at radius 1 is 1.09 bits per heavy atom. The second-order valence-electron chi connectivity index (χ2n) is 6.53. The van der Waals surface area contributed by atoms with Crippen LogP contribution in [0.15, 0.2) is 65.1 Å². The Kier molecular flexibility index (Phi) is 7.06. The molecule has 164 valence electrons. The van der Waals surface area contributed by atoms with E-state index < -0.39 is 16.8 Å². The number of carbonyl (C=O) groups excluding carboxylic acids is 1. The Balaban J connectivity index is 1.66. The largest absolute Gasteiger partial charge is 0.490 e. The lowest BCUT2D eigenvalue weighted by molar-refractivity contribution is -0.385. The van der Waals surface area contributed by atoms with Crippen LogP contribution in [0, 0.1) is 10.1 Å². The van der Waals surface area contributed by atoms with Crippen molar-refractivity contribution in [2.45, 2.75) is 6.61 Å². The van der Waals surface area contributed by atoms with Gasteiger partial charge in [-0.3, -0.25) is 14.9 Å². The molecule has 0 unspecified atom stereocenters. The van der Waals surface area contributed by atoms with Crippen LogP contribution >= 0.6 is 15.9 Å². The predicted octanol–water partition coefficient (Wildman–Crippen LogP) is 4.90. The molecule has 2 N–H and O–H groups in total. The van der Waals surface area contributed by atoms with Crippen molar-refractivity contribution in [2.75, 3.05) is 12.4 Å². The van der Waals surface area contributed by atoms with Crippen molar-refractivity contribution in [3.63, 3.8) is 0 Å². The van der Waals surface area contributed by atoms with E-state index >= 15 is 0 Å². The van der Waals surface area contributed by atoms with Crippen molar-refractivity contribution in [3.05, 3.63) is 91.9 Å². The summed E-state index contributed by atoms with van der Waals surface area (Å²) >= 11 is 3.21. The van der Waals surface area contributed by atoms with Crippen LogP contribution in [0.1, 0.15) is 26.3 Å². The number of hydrogen-bond acceptors (Lipinski definition) is 6. The third kappa shape index (κ3) is 5.41. The fourth-order valence-electron chi connectivity index (χ4n) is 2.83. The Bertz CT molecular complexity index is 1180. The lowest BCUT2D eigenvalue weighted by Crippen LogP contribution is -2.14. The molecule has 0 spiro atoms. The second-order valence-corrected chi connectivity index (χ2v) is 7.44. The molecule has 0 saturated heterocycles. The zero-order chi connectivity index (χ0) is 23.3. The Labute approximate surface area is 190 Å². The van der Waals surface area contributed by atoms with Gasteiger partial charge in [-0.05, 0) is 60.2 Å². The van der Waals surface area contributed by atoms with Crippen LogP contribution < -0.4 is 14.8 Å². The minimum Gasteiger partial charge on any atom is -0.490 e. The molecule has 9 nitrogen and oxygen atoms in total. The van der Waals surface area contributed by atoms with Crippen LogP contribution in [0.2, 0.25) is 0 Å². The number of halogens is 1. The number of aromatic carboxylic acids is 1. The summed E-state index contributed by atoms with van der Waals surface area (Å²) in [5.41, 5.74) is 0.993. The van der Waals surface area contributed by atoms with Crippen molar-refractivity contribution in [2.24, 2.45) is 0 Å². The topological polar surface area (TPSA) is 128 Å². The van der Waals surface area contributed by atoms with Crippen LogP contribution in [-0.2, 0) is 6.61 Å². The highest BCUT2D eigenvalue weighted by atomic mass is 79.9. The Morgan fingerprint density at radius 2 is 1.81 bits per heavy atom.